The molecule has 0 aliphatic heterocycles. The molecule has 0 bridgehead atoms. The molecule has 0 heterocycles. The van der Waals surface area contributed by atoms with Gasteiger partial charge in [-0.15, -0.1) is 0 Å². The lowest BCUT2D eigenvalue weighted by Gasteiger charge is -2.08. The number of nitrogen functional groups attached to an aromatic ring is 1. The molecule has 4 nitrogen and oxygen atoms in total. The quantitative estimate of drug-likeness (QED) is 0.767. The Morgan fingerprint density at radius 2 is 2.00 bits per heavy atom. The van der Waals surface area contributed by atoms with Crippen LogP contribution in [0, 0.1) is 5.92 Å². The number of nitrogens with one attached hydrogen (secondary N) is 1. The second-order valence-corrected chi connectivity index (χ2v) is 4.09. The van der Waals surface area contributed by atoms with Crippen molar-refractivity contribution in [3.63, 3.8) is 0 Å². The van der Waals surface area contributed by atoms with Gasteiger partial charge in [-0.25, -0.2) is 4.79 Å². The van der Waals surface area contributed by atoms with Crippen LogP contribution >= 0.6 is 0 Å². The zero-order valence-corrected chi connectivity index (χ0v) is 9.69. The van der Waals surface area contributed by atoms with Gasteiger partial charge < -0.3 is 15.8 Å². The fourth-order valence-corrected chi connectivity index (χ4v) is 1.10. The molecule has 0 unspecified atom stereocenters. The average molecular weight is 222 g/mol. The largest absolute Gasteiger partial charge is 0.445 e. The third kappa shape index (κ3) is 4.68. The molecule has 0 fully saturated rings. The van der Waals surface area contributed by atoms with Crippen LogP contribution in [0.4, 0.5) is 10.5 Å². The molecule has 0 saturated carbocycles. The number of carbonyl (C=O) groups is 1. The number of amides is 1. The van der Waals surface area contributed by atoms with Crippen molar-refractivity contribution in [3.8, 4) is 0 Å². The van der Waals surface area contributed by atoms with E-state index in [0.29, 0.717) is 18.2 Å². The topological polar surface area (TPSA) is 64.3 Å². The fraction of sp³-hybridized carbons (Fsp3) is 0.417. The summed E-state index contributed by atoms with van der Waals surface area (Å²) >= 11 is 0. The number of rotatable bonds is 4. The minimum atomic E-state index is -0.384. The summed E-state index contributed by atoms with van der Waals surface area (Å²) in [4.78, 5) is 11.2. The molecular weight excluding hydrogens is 204 g/mol. The number of hydrogen-bond donors (Lipinski definition) is 2. The first-order chi connectivity index (χ1) is 7.58. The third-order valence-electron chi connectivity index (χ3n) is 2.00. The van der Waals surface area contributed by atoms with Gasteiger partial charge in [0.05, 0.1) is 0 Å². The maximum atomic E-state index is 11.2. The fourth-order valence-electron chi connectivity index (χ4n) is 1.10. The van der Waals surface area contributed by atoms with Crippen molar-refractivity contribution in [1.29, 1.82) is 0 Å². The van der Waals surface area contributed by atoms with E-state index in [1.807, 2.05) is 26.0 Å². The van der Waals surface area contributed by atoms with Crippen LogP contribution in [-0.2, 0) is 11.3 Å². The van der Waals surface area contributed by atoms with Crippen molar-refractivity contribution < 1.29 is 9.53 Å². The van der Waals surface area contributed by atoms with Crippen LogP contribution in [0.3, 0.4) is 0 Å². The summed E-state index contributed by atoms with van der Waals surface area (Å²) < 4.78 is 5.03. The van der Waals surface area contributed by atoms with Crippen LogP contribution in [0.15, 0.2) is 24.3 Å². The lowest BCUT2D eigenvalue weighted by molar-refractivity contribution is 0.138. The van der Waals surface area contributed by atoms with Crippen LogP contribution in [0.2, 0.25) is 0 Å². The first-order valence-electron chi connectivity index (χ1n) is 5.33. The molecular formula is C12H18N2O2. The van der Waals surface area contributed by atoms with E-state index in [-0.39, 0.29) is 12.7 Å². The van der Waals surface area contributed by atoms with Gasteiger partial charge in [0.15, 0.2) is 0 Å². The lowest BCUT2D eigenvalue weighted by atomic mass is 10.2. The maximum Gasteiger partial charge on any atom is 0.407 e. The Labute approximate surface area is 95.8 Å². The SMILES string of the molecule is CC(C)CNC(=O)OCc1ccc(N)cc1. The number of carbonyl (C=O) groups excluding carboxylic acids is 1. The van der Waals surface area contributed by atoms with E-state index in [2.05, 4.69) is 5.32 Å². The van der Waals surface area contributed by atoms with E-state index >= 15 is 0 Å². The molecule has 0 saturated heterocycles. The normalized spacial score (nSPS) is 10.2. The third-order valence-corrected chi connectivity index (χ3v) is 2.00. The van der Waals surface area contributed by atoms with E-state index in [1.54, 1.807) is 12.1 Å². The number of anilines is 1. The first-order valence-corrected chi connectivity index (χ1v) is 5.33. The monoisotopic (exact) mass is 222 g/mol. The van der Waals surface area contributed by atoms with Crippen LogP contribution in [-0.4, -0.2) is 12.6 Å². The van der Waals surface area contributed by atoms with Gasteiger partial charge in [0.1, 0.15) is 6.61 Å². The Morgan fingerprint density at radius 1 is 1.38 bits per heavy atom. The molecule has 3 N–H and O–H groups in total. The first kappa shape index (κ1) is 12.4. The molecule has 88 valence electrons. The predicted molar refractivity (Wildman–Crippen MR) is 63.9 cm³/mol. The molecule has 0 aliphatic rings. The molecule has 1 aromatic carbocycles. The number of nitrogens with two attached hydrogens (primary N) is 1. The summed E-state index contributed by atoms with van der Waals surface area (Å²) in [6, 6.07) is 7.24. The number of ether oxygens (including phenoxy) is 1. The van der Waals surface area contributed by atoms with Gasteiger partial charge in [0.25, 0.3) is 0 Å². The lowest BCUT2D eigenvalue weighted by Crippen LogP contribution is -2.27. The molecule has 1 aromatic rings. The van der Waals surface area contributed by atoms with Gasteiger partial charge in [-0.05, 0) is 23.6 Å². The molecule has 0 spiro atoms. The van der Waals surface area contributed by atoms with Gasteiger partial charge >= 0.3 is 6.09 Å². The Bertz CT molecular complexity index is 333. The smallest absolute Gasteiger partial charge is 0.407 e. The van der Waals surface area contributed by atoms with Gasteiger partial charge in [0.2, 0.25) is 0 Å². The summed E-state index contributed by atoms with van der Waals surface area (Å²) in [5.41, 5.74) is 7.17. The second kappa shape index (κ2) is 6.00. The van der Waals surface area contributed by atoms with Crippen molar-refractivity contribution in [2.45, 2.75) is 20.5 Å². The summed E-state index contributed by atoms with van der Waals surface area (Å²) in [6.45, 7) is 4.95. The molecule has 1 amide bonds. The van der Waals surface area contributed by atoms with E-state index in [4.69, 9.17) is 10.5 Å². The van der Waals surface area contributed by atoms with Crippen LogP contribution in [0.5, 0.6) is 0 Å². The summed E-state index contributed by atoms with van der Waals surface area (Å²) in [5.74, 6) is 0.420. The van der Waals surface area contributed by atoms with Gasteiger partial charge in [-0.1, -0.05) is 26.0 Å². The van der Waals surface area contributed by atoms with Crippen molar-refractivity contribution in [1.82, 2.24) is 5.32 Å². The Morgan fingerprint density at radius 3 is 2.56 bits per heavy atom. The van der Waals surface area contributed by atoms with E-state index in [0.717, 1.165) is 5.56 Å². The van der Waals surface area contributed by atoms with Crippen molar-refractivity contribution in [2.24, 2.45) is 5.92 Å². The zero-order valence-electron chi connectivity index (χ0n) is 9.69. The highest BCUT2D eigenvalue weighted by atomic mass is 16.5. The number of benzene rings is 1. The van der Waals surface area contributed by atoms with Crippen molar-refractivity contribution in [3.05, 3.63) is 29.8 Å². The Balaban J connectivity index is 2.29. The number of alkyl carbamates (subject to hydrolysis) is 1. The zero-order chi connectivity index (χ0) is 12.0. The van der Waals surface area contributed by atoms with Gasteiger partial charge in [0, 0.05) is 12.2 Å². The van der Waals surface area contributed by atoms with E-state index in [1.165, 1.54) is 0 Å². The molecule has 0 radical (unpaired) electrons. The van der Waals surface area contributed by atoms with E-state index < -0.39 is 0 Å². The van der Waals surface area contributed by atoms with Crippen LogP contribution in [0.25, 0.3) is 0 Å². The molecule has 0 aromatic heterocycles. The minimum Gasteiger partial charge on any atom is -0.445 e. The average Bonchev–Trinajstić information content (AvgIpc) is 2.25. The highest BCUT2D eigenvalue weighted by Crippen LogP contribution is 2.06. The van der Waals surface area contributed by atoms with Gasteiger partial charge in [-0.2, -0.15) is 0 Å². The highest BCUT2D eigenvalue weighted by Gasteiger charge is 2.03. The molecule has 1 rings (SSSR count). The maximum absolute atomic E-state index is 11.2. The summed E-state index contributed by atoms with van der Waals surface area (Å²) in [7, 11) is 0. The van der Waals surface area contributed by atoms with Crippen LogP contribution in [0.1, 0.15) is 19.4 Å². The van der Waals surface area contributed by atoms with Crippen molar-refractivity contribution in [2.75, 3.05) is 12.3 Å². The Kier molecular flexibility index (Phi) is 4.64. The van der Waals surface area contributed by atoms with Crippen LogP contribution < -0.4 is 11.1 Å². The standard InChI is InChI=1S/C12H18N2O2/c1-9(2)7-14-12(15)16-8-10-3-5-11(13)6-4-10/h3-6,9H,7-8,13H2,1-2H3,(H,14,15). The molecule has 4 heteroatoms. The Hall–Kier alpha value is -1.71. The molecule has 16 heavy (non-hydrogen) atoms. The number of hydrogen-bond acceptors (Lipinski definition) is 3. The van der Waals surface area contributed by atoms with E-state index in [9.17, 15) is 4.79 Å². The summed E-state index contributed by atoms with van der Waals surface area (Å²) in [5, 5.41) is 2.68. The van der Waals surface area contributed by atoms with Gasteiger partial charge in [-0.3, -0.25) is 0 Å². The van der Waals surface area contributed by atoms with Crippen molar-refractivity contribution >= 4 is 11.8 Å². The highest BCUT2D eigenvalue weighted by molar-refractivity contribution is 5.67. The summed E-state index contributed by atoms with van der Waals surface area (Å²) in [6.07, 6.45) is -0.384. The second-order valence-electron chi connectivity index (χ2n) is 4.09. The minimum absolute atomic E-state index is 0.268. The predicted octanol–water partition coefficient (Wildman–Crippen LogP) is 2.15. The molecule has 0 atom stereocenters. The molecule has 0 aliphatic carbocycles.